The Kier molecular flexibility index (Phi) is 12.7. The van der Waals surface area contributed by atoms with Crippen LogP contribution >= 0.6 is 0 Å². The van der Waals surface area contributed by atoms with Gasteiger partial charge in [-0.2, -0.15) is 0 Å². The van der Waals surface area contributed by atoms with Crippen LogP contribution in [0.4, 0.5) is 0 Å². The largest absolute Gasteiger partial charge is 0.491 e. The van der Waals surface area contributed by atoms with Gasteiger partial charge in [-0.3, -0.25) is 10.1 Å². The molecule has 0 saturated carbocycles. The molecule has 0 bridgehead atoms. The molecule has 0 radical (unpaired) electrons. The first kappa shape index (κ1) is 19.0. The Morgan fingerprint density at radius 3 is 2.28 bits per heavy atom. The molecule has 0 fully saturated rings. The van der Waals surface area contributed by atoms with E-state index in [0.29, 0.717) is 17.9 Å². The van der Waals surface area contributed by atoms with E-state index in [9.17, 15) is 10.1 Å². The number of aliphatic hydroxyl groups is 1. The zero-order chi connectivity index (χ0) is 14.6. The monoisotopic (exact) mass is 261 g/mol. The van der Waals surface area contributed by atoms with Gasteiger partial charge in [-0.25, -0.2) is 0 Å². The van der Waals surface area contributed by atoms with E-state index in [1.54, 1.807) is 6.92 Å². The molecule has 0 aromatic heterocycles. The van der Waals surface area contributed by atoms with E-state index in [1.807, 2.05) is 13.8 Å². The second kappa shape index (κ2) is 12.1. The second-order valence-electron chi connectivity index (χ2n) is 3.19. The first-order chi connectivity index (χ1) is 8.52. The summed E-state index contributed by atoms with van der Waals surface area (Å²) >= 11 is 0. The third-order valence-electron chi connectivity index (χ3n) is 1.83. The predicted molar refractivity (Wildman–Crippen MR) is 69.7 cm³/mol. The molecule has 6 heteroatoms. The van der Waals surface area contributed by atoms with E-state index in [-0.39, 0.29) is 18.9 Å². The van der Waals surface area contributed by atoms with Crippen LogP contribution in [0.3, 0.4) is 0 Å². The zero-order valence-corrected chi connectivity index (χ0v) is 11.7. The van der Waals surface area contributed by atoms with Crippen molar-refractivity contribution in [1.29, 1.82) is 0 Å². The molecule has 0 aliphatic heterocycles. The highest BCUT2D eigenvalue weighted by Crippen LogP contribution is 2.10. The Bertz CT molecular complexity index is 297. The molecule has 0 amide bonds. The number of ether oxygens (including phenoxy) is 2. The number of rotatable bonds is 7. The van der Waals surface area contributed by atoms with Gasteiger partial charge in [0.25, 0.3) is 0 Å². The van der Waals surface area contributed by atoms with Crippen molar-refractivity contribution >= 4 is 0 Å². The Labute approximate surface area is 108 Å². The van der Waals surface area contributed by atoms with Crippen molar-refractivity contribution in [2.75, 3.05) is 26.9 Å². The summed E-state index contributed by atoms with van der Waals surface area (Å²) in [4.78, 5) is 9.94. The predicted octanol–water partition coefficient (Wildman–Crippen LogP) is 2.12. The molecule has 0 unspecified atom stereocenters. The van der Waals surface area contributed by atoms with E-state index in [4.69, 9.17) is 14.6 Å². The van der Waals surface area contributed by atoms with Crippen LogP contribution in [0.1, 0.15) is 27.7 Å². The third kappa shape index (κ3) is 8.72. The Balaban J connectivity index is 0. The van der Waals surface area contributed by atoms with Crippen molar-refractivity contribution in [2.45, 2.75) is 27.7 Å². The van der Waals surface area contributed by atoms with E-state index >= 15 is 0 Å². The van der Waals surface area contributed by atoms with E-state index in [2.05, 4.69) is 0 Å². The first-order valence-corrected chi connectivity index (χ1v) is 5.78. The highest BCUT2D eigenvalue weighted by Gasteiger charge is 2.07. The summed E-state index contributed by atoms with van der Waals surface area (Å²) in [6.07, 6.45) is 1.29. The van der Waals surface area contributed by atoms with E-state index in [1.165, 1.54) is 20.1 Å². The third-order valence-corrected chi connectivity index (χ3v) is 1.83. The summed E-state index contributed by atoms with van der Waals surface area (Å²) in [6.45, 7) is 7.47. The van der Waals surface area contributed by atoms with Gasteiger partial charge in [0.2, 0.25) is 5.70 Å². The van der Waals surface area contributed by atoms with Gasteiger partial charge < -0.3 is 14.6 Å². The molecule has 0 rings (SSSR count). The quantitative estimate of drug-likeness (QED) is 0.249. The molecule has 0 heterocycles. The zero-order valence-electron chi connectivity index (χ0n) is 11.7. The molecule has 1 N–H and O–H groups in total. The molecular formula is C12H23NO5. The molecule has 0 aliphatic carbocycles. The van der Waals surface area contributed by atoms with Crippen LogP contribution in [0, 0.1) is 10.1 Å². The number of nitro groups is 1. The van der Waals surface area contributed by atoms with Crippen LogP contribution < -0.4 is 0 Å². The second-order valence-corrected chi connectivity index (χ2v) is 3.19. The van der Waals surface area contributed by atoms with Crippen LogP contribution in [0.25, 0.3) is 0 Å². The van der Waals surface area contributed by atoms with Gasteiger partial charge in [0.1, 0.15) is 12.4 Å². The molecule has 0 aromatic carbocycles. The SMILES string of the molecule is CC.COCCOC(/C=C(\C)[N+](=O)[O-])=C(/C)CO. The van der Waals surface area contributed by atoms with Crippen LogP contribution in [-0.2, 0) is 9.47 Å². The maximum absolute atomic E-state index is 10.4. The van der Waals surface area contributed by atoms with E-state index in [0.717, 1.165) is 0 Å². The fourth-order valence-electron chi connectivity index (χ4n) is 0.843. The molecule has 6 nitrogen and oxygen atoms in total. The fourth-order valence-corrected chi connectivity index (χ4v) is 0.843. The number of hydrogen-bond donors (Lipinski definition) is 1. The summed E-state index contributed by atoms with van der Waals surface area (Å²) in [7, 11) is 1.53. The molecule has 0 spiro atoms. The molecule has 0 atom stereocenters. The highest BCUT2D eigenvalue weighted by atomic mass is 16.6. The normalized spacial score (nSPS) is 12.2. The van der Waals surface area contributed by atoms with Gasteiger partial charge >= 0.3 is 0 Å². The van der Waals surface area contributed by atoms with Crippen molar-refractivity contribution in [3.05, 3.63) is 33.2 Å². The van der Waals surface area contributed by atoms with Crippen molar-refractivity contribution in [3.63, 3.8) is 0 Å². The number of hydrogen-bond acceptors (Lipinski definition) is 5. The van der Waals surface area contributed by atoms with Gasteiger partial charge in [-0.1, -0.05) is 13.8 Å². The number of aliphatic hydroxyl groups excluding tert-OH is 1. The smallest absolute Gasteiger partial charge is 0.246 e. The molecule has 0 aromatic rings. The maximum atomic E-state index is 10.4. The summed E-state index contributed by atoms with van der Waals surface area (Å²) in [6, 6.07) is 0. The summed E-state index contributed by atoms with van der Waals surface area (Å²) in [5.41, 5.74) is 0.498. The summed E-state index contributed by atoms with van der Waals surface area (Å²) in [5, 5.41) is 19.4. The summed E-state index contributed by atoms with van der Waals surface area (Å²) in [5.74, 6) is 0.314. The number of allylic oxidation sites excluding steroid dienone is 2. The maximum Gasteiger partial charge on any atom is 0.246 e. The standard InChI is InChI=1S/C10H17NO5.C2H6/c1-8(7-12)10(16-5-4-15-3)6-9(2)11(13)14;1-2/h6,12H,4-5,7H2,1-3H3;1-2H3/b9-6+,10-8-;. The molecule has 0 aliphatic rings. The van der Waals surface area contributed by atoms with Gasteiger partial charge in [0.05, 0.1) is 24.2 Å². The van der Waals surface area contributed by atoms with E-state index < -0.39 is 4.92 Å². The lowest BCUT2D eigenvalue weighted by Gasteiger charge is -2.09. The van der Waals surface area contributed by atoms with Crippen LogP contribution in [-0.4, -0.2) is 37.0 Å². The van der Waals surface area contributed by atoms with Gasteiger partial charge in [0.15, 0.2) is 0 Å². The van der Waals surface area contributed by atoms with Gasteiger partial charge in [-0.05, 0) is 12.5 Å². The lowest BCUT2D eigenvalue weighted by Crippen LogP contribution is -2.05. The average Bonchev–Trinajstić information content (AvgIpc) is 2.38. The highest BCUT2D eigenvalue weighted by molar-refractivity contribution is 5.20. The number of methoxy groups -OCH3 is 1. The molecule has 106 valence electrons. The lowest BCUT2D eigenvalue weighted by atomic mass is 10.2. The van der Waals surface area contributed by atoms with Crippen molar-refractivity contribution in [2.24, 2.45) is 0 Å². The Morgan fingerprint density at radius 2 is 1.89 bits per heavy atom. The van der Waals surface area contributed by atoms with Crippen molar-refractivity contribution in [3.8, 4) is 0 Å². The minimum Gasteiger partial charge on any atom is -0.491 e. The van der Waals surface area contributed by atoms with Crippen LogP contribution in [0.2, 0.25) is 0 Å². The minimum absolute atomic E-state index is 0.0415. The number of nitrogens with zero attached hydrogens (tertiary/aromatic N) is 1. The first-order valence-electron chi connectivity index (χ1n) is 5.78. The van der Waals surface area contributed by atoms with Crippen LogP contribution in [0.15, 0.2) is 23.1 Å². The van der Waals surface area contributed by atoms with Crippen molar-refractivity contribution < 1.29 is 19.5 Å². The topological polar surface area (TPSA) is 81.8 Å². The van der Waals surface area contributed by atoms with Gasteiger partial charge in [-0.15, -0.1) is 0 Å². The van der Waals surface area contributed by atoms with Crippen molar-refractivity contribution in [1.82, 2.24) is 0 Å². The average molecular weight is 261 g/mol. The fraction of sp³-hybridized carbons (Fsp3) is 0.667. The Morgan fingerprint density at radius 1 is 1.33 bits per heavy atom. The van der Waals surface area contributed by atoms with Crippen LogP contribution in [0.5, 0.6) is 0 Å². The molecule has 0 saturated heterocycles. The summed E-state index contributed by atoms with van der Waals surface area (Å²) < 4.78 is 10.1. The lowest BCUT2D eigenvalue weighted by molar-refractivity contribution is -0.424. The van der Waals surface area contributed by atoms with Gasteiger partial charge in [0, 0.05) is 14.0 Å². The minimum atomic E-state index is -0.510. The Hall–Kier alpha value is -1.40. The molecular weight excluding hydrogens is 238 g/mol. The molecule has 18 heavy (non-hydrogen) atoms.